The van der Waals surface area contributed by atoms with Gasteiger partial charge < -0.3 is 10.4 Å². The zero-order valence-corrected chi connectivity index (χ0v) is 19.0. The number of rotatable bonds is 4. The van der Waals surface area contributed by atoms with Crippen LogP contribution in [0.15, 0.2) is 20.0 Å². The first-order valence-electron chi connectivity index (χ1n) is 9.59. The topological polar surface area (TPSA) is 118 Å². The molecule has 0 bridgehead atoms. The number of anilines is 1. The number of thiophene rings is 1. The van der Waals surface area contributed by atoms with Crippen molar-refractivity contribution in [1.29, 1.82) is 0 Å². The van der Waals surface area contributed by atoms with Crippen molar-refractivity contribution in [3.05, 3.63) is 39.5 Å². The summed E-state index contributed by atoms with van der Waals surface area (Å²) in [4.78, 5) is 17.4. The highest BCUT2D eigenvalue weighted by molar-refractivity contribution is 7.93. The van der Waals surface area contributed by atoms with Gasteiger partial charge in [0, 0.05) is 11.4 Å². The number of carbonyl (C=O) groups excluding carboxylic acids is 1. The van der Waals surface area contributed by atoms with Gasteiger partial charge in [-0.25, -0.2) is 14.1 Å². The lowest BCUT2D eigenvalue weighted by molar-refractivity contribution is 0.0789. The molecule has 0 aromatic carbocycles. The Balaban J connectivity index is 1.97. The first kappa shape index (κ1) is 21.9. The second-order valence-corrected chi connectivity index (χ2v) is 11.2. The van der Waals surface area contributed by atoms with Crippen molar-refractivity contribution in [2.45, 2.75) is 69.6 Å². The molecule has 0 radical (unpaired) electrons. The molecule has 2 heterocycles. The lowest BCUT2D eigenvalue weighted by Crippen LogP contribution is -2.19. The van der Waals surface area contributed by atoms with E-state index in [2.05, 4.69) is 9.68 Å². The van der Waals surface area contributed by atoms with Gasteiger partial charge in [-0.3, -0.25) is 4.98 Å². The molecule has 2 amide bonds. The molecule has 1 atom stereocenters. The van der Waals surface area contributed by atoms with E-state index < -0.39 is 21.5 Å². The molecule has 4 N–H and O–H groups in total. The molecule has 2 aromatic heterocycles. The Morgan fingerprint density at radius 1 is 1.41 bits per heavy atom. The Hall–Kier alpha value is -1.81. The van der Waals surface area contributed by atoms with Gasteiger partial charge in [-0.05, 0) is 74.1 Å². The van der Waals surface area contributed by atoms with Gasteiger partial charge in [0.2, 0.25) is 0 Å². The van der Waals surface area contributed by atoms with Crippen molar-refractivity contribution in [3.8, 4) is 0 Å². The van der Waals surface area contributed by atoms with Crippen LogP contribution in [-0.2, 0) is 28.4 Å². The minimum absolute atomic E-state index is 0.164. The van der Waals surface area contributed by atoms with E-state index in [4.69, 9.17) is 10.1 Å². The average molecular weight is 437 g/mol. The van der Waals surface area contributed by atoms with Crippen LogP contribution in [0.5, 0.6) is 0 Å². The van der Waals surface area contributed by atoms with Gasteiger partial charge in [-0.15, -0.1) is 15.7 Å². The molecule has 158 valence electrons. The van der Waals surface area contributed by atoms with Crippen molar-refractivity contribution in [3.63, 3.8) is 0 Å². The summed E-state index contributed by atoms with van der Waals surface area (Å²) in [5.74, 6) is 0.164. The van der Waals surface area contributed by atoms with Crippen LogP contribution < -0.4 is 10.5 Å². The number of carbonyl (C=O) groups is 1. The van der Waals surface area contributed by atoms with Gasteiger partial charge in [-0.2, -0.15) is 0 Å². The summed E-state index contributed by atoms with van der Waals surface area (Å²) in [7, 11) is -3.42. The molecular formula is C20H28N4O3S2. The quantitative estimate of drug-likeness (QED) is 0.665. The molecule has 29 heavy (non-hydrogen) atoms. The third kappa shape index (κ3) is 4.53. The molecular weight excluding hydrogens is 408 g/mol. The number of fused-ring (bicyclic) bond motifs is 1. The molecule has 2 aromatic rings. The molecule has 0 unspecified atom stereocenters. The van der Waals surface area contributed by atoms with Crippen LogP contribution in [0.4, 0.5) is 10.5 Å². The Morgan fingerprint density at radius 3 is 2.69 bits per heavy atom. The van der Waals surface area contributed by atoms with Gasteiger partial charge in [0.05, 0.1) is 11.3 Å². The minimum atomic E-state index is -3.42. The largest absolute Gasteiger partial charge is 0.386 e. The van der Waals surface area contributed by atoms with Crippen LogP contribution in [0.2, 0.25) is 0 Å². The zero-order chi connectivity index (χ0) is 21.6. The van der Waals surface area contributed by atoms with Crippen LogP contribution in [0.1, 0.15) is 68.1 Å². The van der Waals surface area contributed by atoms with Crippen LogP contribution in [0.3, 0.4) is 0 Å². The van der Waals surface area contributed by atoms with E-state index in [-0.39, 0.29) is 10.1 Å². The Kier molecular flexibility index (Phi) is 5.88. The predicted octanol–water partition coefficient (Wildman–Crippen LogP) is 4.22. The molecule has 9 heteroatoms. The number of aromatic nitrogens is 1. The minimum Gasteiger partial charge on any atom is -0.386 e. The van der Waals surface area contributed by atoms with E-state index in [0.29, 0.717) is 5.56 Å². The highest BCUT2D eigenvalue weighted by Crippen LogP contribution is 2.36. The number of hydrogen-bond donors (Lipinski definition) is 3. The van der Waals surface area contributed by atoms with Crippen molar-refractivity contribution in [1.82, 2.24) is 4.98 Å². The Labute approximate surface area is 176 Å². The monoisotopic (exact) mass is 436 g/mol. The predicted molar refractivity (Wildman–Crippen MR) is 117 cm³/mol. The lowest BCUT2D eigenvalue weighted by Gasteiger charge is -2.19. The third-order valence-corrected chi connectivity index (χ3v) is 7.91. The standard InChI is InChI=1S/C20H28N4O3S2/c1-11(2)17-12(3)22-15-8-6-7-14(15)18(17)23-19(25)24-29(21,27)16-9-13(10-28-16)20(4,5)26/h9-11,26H,6-8H2,1-5H3,(H3,21,22,23,24,25,27)/t29-/m0/s1. The second-order valence-electron chi connectivity index (χ2n) is 8.22. The SMILES string of the molecule is Cc1nc2c(c(NC(=O)N=[S@](N)(=O)c3cc(C(C)(C)O)cs3)c1C(C)C)CCC2. The molecule has 0 fully saturated rings. The molecule has 0 spiro atoms. The summed E-state index contributed by atoms with van der Waals surface area (Å²) < 4.78 is 17.0. The number of aryl methyl sites for hydroxylation is 2. The number of pyridine rings is 1. The smallest absolute Gasteiger partial charge is 0.354 e. The Bertz CT molecular complexity index is 1070. The van der Waals surface area contributed by atoms with Crippen molar-refractivity contribution < 1.29 is 14.1 Å². The molecule has 1 aliphatic carbocycles. The van der Waals surface area contributed by atoms with E-state index in [1.807, 2.05) is 20.8 Å². The maximum absolute atomic E-state index is 12.9. The molecule has 0 saturated heterocycles. The van der Waals surface area contributed by atoms with Crippen molar-refractivity contribution in [2.24, 2.45) is 9.50 Å². The zero-order valence-electron chi connectivity index (χ0n) is 17.4. The van der Waals surface area contributed by atoms with Gasteiger partial charge in [0.1, 0.15) is 4.21 Å². The van der Waals surface area contributed by atoms with Crippen LogP contribution in [0, 0.1) is 6.92 Å². The Morgan fingerprint density at radius 2 is 2.10 bits per heavy atom. The first-order valence-corrected chi connectivity index (χ1v) is 12.1. The summed E-state index contributed by atoms with van der Waals surface area (Å²) >= 11 is 1.12. The number of aliphatic hydroxyl groups is 1. The van der Waals surface area contributed by atoms with Crippen LogP contribution in [0.25, 0.3) is 0 Å². The van der Waals surface area contributed by atoms with Crippen molar-refractivity contribution >= 4 is 33.0 Å². The van der Waals surface area contributed by atoms with Gasteiger partial charge in [-0.1, -0.05) is 13.8 Å². The first-order chi connectivity index (χ1) is 13.4. The van der Waals surface area contributed by atoms with E-state index in [1.54, 1.807) is 19.2 Å². The normalized spacial score (nSPS) is 15.9. The molecule has 0 saturated carbocycles. The second kappa shape index (κ2) is 7.79. The number of nitrogens with one attached hydrogen (secondary N) is 1. The van der Waals surface area contributed by atoms with Crippen molar-refractivity contribution in [2.75, 3.05) is 5.32 Å². The third-order valence-electron chi connectivity index (χ3n) is 5.05. The summed E-state index contributed by atoms with van der Waals surface area (Å²) in [6.45, 7) is 9.29. The fourth-order valence-corrected chi connectivity index (χ4v) is 5.94. The number of hydrogen-bond acceptors (Lipinski definition) is 5. The number of urea groups is 1. The van der Waals surface area contributed by atoms with Gasteiger partial charge in [0.25, 0.3) is 0 Å². The highest BCUT2D eigenvalue weighted by atomic mass is 32.2. The number of nitrogens with zero attached hydrogens (tertiary/aromatic N) is 2. The van der Waals surface area contributed by atoms with E-state index >= 15 is 0 Å². The average Bonchev–Trinajstić information content (AvgIpc) is 3.22. The molecule has 0 aliphatic heterocycles. The summed E-state index contributed by atoms with van der Waals surface area (Å²) in [5, 5.41) is 20.5. The van der Waals surface area contributed by atoms with E-state index in [1.165, 1.54) is 6.07 Å². The highest BCUT2D eigenvalue weighted by Gasteiger charge is 2.25. The summed E-state index contributed by atoms with van der Waals surface area (Å²) in [6.07, 6.45) is 2.72. The van der Waals surface area contributed by atoms with Crippen LogP contribution in [-0.4, -0.2) is 20.3 Å². The fourth-order valence-electron chi connectivity index (χ4n) is 3.66. The molecule has 1 aliphatic rings. The van der Waals surface area contributed by atoms with Gasteiger partial charge >= 0.3 is 6.03 Å². The lowest BCUT2D eigenvalue weighted by atomic mass is 9.96. The summed E-state index contributed by atoms with van der Waals surface area (Å²) in [5.41, 5.74) is 4.11. The molecule has 7 nitrogen and oxygen atoms in total. The van der Waals surface area contributed by atoms with E-state index in [0.717, 1.165) is 58.8 Å². The van der Waals surface area contributed by atoms with Gasteiger partial charge in [0.15, 0.2) is 9.92 Å². The van der Waals surface area contributed by atoms with E-state index in [9.17, 15) is 14.1 Å². The fraction of sp³-hybridized carbons (Fsp3) is 0.500. The maximum Gasteiger partial charge on any atom is 0.354 e. The van der Waals surface area contributed by atoms with Crippen LogP contribution >= 0.6 is 11.3 Å². The maximum atomic E-state index is 12.9. The summed E-state index contributed by atoms with van der Waals surface area (Å²) in [6, 6.07) is 0.801. The molecule has 3 rings (SSSR count). The number of nitrogens with two attached hydrogens (primary N) is 1. The number of amides is 2.